The predicted octanol–water partition coefficient (Wildman–Crippen LogP) is -0.603. The fourth-order valence-corrected chi connectivity index (χ4v) is 3.75. The fourth-order valence-electron chi connectivity index (χ4n) is 1.41. The van der Waals surface area contributed by atoms with Crippen molar-refractivity contribution in [3.8, 4) is 0 Å². The van der Waals surface area contributed by atoms with Gasteiger partial charge < -0.3 is 11.1 Å². The van der Waals surface area contributed by atoms with Gasteiger partial charge in [-0.15, -0.1) is 0 Å². The summed E-state index contributed by atoms with van der Waals surface area (Å²) in [6, 6.07) is 0. The molecule has 0 amide bonds. The van der Waals surface area contributed by atoms with Crippen molar-refractivity contribution in [2.24, 2.45) is 5.73 Å². The lowest BCUT2D eigenvalue weighted by atomic mass is 10.0. The Balaban J connectivity index is 2.71. The molecule has 0 aromatic rings. The van der Waals surface area contributed by atoms with Gasteiger partial charge in [-0.2, -0.15) is 0 Å². The lowest BCUT2D eigenvalue weighted by Gasteiger charge is -2.23. The zero-order chi connectivity index (χ0) is 9.41. The molecule has 1 unspecified atom stereocenters. The Kier molecular flexibility index (Phi) is 2.31. The molecule has 3 N–H and O–H groups in total. The molecule has 0 aromatic carbocycles. The van der Waals surface area contributed by atoms with Crippen molar-refractivity contribution in [3.63, 3.8) is 0 Å². The molecular formula is C6H12N2O2S2. The molecule has 1 rings (SSSR count). The third-order valence-corrected chi connectivity index (χ3v) is 3.93. The fraction of sp³-hybridized carbons (Fsp3) is 0.833. The zero-order valence-electron chi connectivity index (χ0n) is 6.83. The Hall–Kier alpha value is -0.360. The number of rotatable bonds is 1. The molecule has 1 aliphatic heterocycles. The van der Waals surface area contributed by atoms with Gasteiger partial charge in [-0.3, -0.25) is 0 Å². The van der Waals surface area contributed by atoms with E-state index in [1.807, 2.05) is 6.92 Å². The largest absolute Gasteiger partial charge is 0.376 e. The molecule has 6 heteroatoms. The molecule has 70 valence electrons. The van der Waals surface area contributed by atoms with Crippen LogP contribution in [0, 0.1) is 0 Å². The number of nitrogens with two attached hydrogens (primary N) is 1. The number of nitrogens with one attached hydrogen (secondary N) is 1. The first kappa shape index (κ1) is 9.73. The quantitative estimate of drug-likeness (QED) is 0.563. The minimum absolute atomic E-state index is 0.122. The van der Waals surface area contributed by atoms with Crippen molar-refractivity contribution in [1.29, 1.82) is 0 Å². The molecule has 1 aliphatic rings. The van der Waals surface area contributed by atoms with Gasteiger partial charge >= 0.3 is 0 Å². The molecule has 1 heterocycles. The molecule has 4 nitrogen and oxygen atoms in total. The Morgan fingerprint density at radius 2 is 2.25 bits per heavy atom. The first-order chi connectivity index (χ1) is 5.33. The van der Waals surface area contributed by atoms with Crippen LogP contribution >= 0.6 is 12.2 Å². The molecule has 0 aromatic heterocycles. The van der Waals surface area contributed by atoms with E-state index in [9.17, 15) is 8.42 Å². The van der Waals surface area contributed by atoms with Gasteiger partial charge in [0.15, 0.2) is 14.9 Å². The molecule has 12 heavy (non-hydrogen) atoms. The highest BCUT2D eigenvalue weighted by atomic mass is 32.2. The molecule has 0 spiro atoms. The molecule has 0 saturated carbocycles. The van der Waals surface area contributed by atoms with Crippen LogP contribution in [0.1, 0.15) is 13.3 Å². The van der Waals surface area contributed by atoms with Crippen LogP contribution in [-0.4, -0.2) is 30.6 Å². The van der Waals surface area contributed by atoms with Crippen LogP contribution in [0.25, 0.3) is 0 Å². The predicted molar refractivity (Wildman–Crippen MR) is 51.6 cm³/mol. The highest BCUT2D eigenvalue weighted by Gasteiger charge is 2.38. The van der Waals surface area contributed by atoms with Gasteiger partial charge in [0, 0.05) is 0 Å². The highest BCUT2D eigenvalue weighted by molar-refractivity contribution is 7.91. The van der Waals surface area contributed by atoms with Crippen LogP contribution < -0.4 is 11.1 Å². The van der Waals surface area contributed by atoms with Crippen LogP contribution in [0.4, 0.5) is 0 Å². The Morgan fingerprint density at radius 1 is 1.67 bits per heavy atom. The summed E-state index contributed by atoms with van der Waals surface area (Å²) in [7, 11) is -2.88. The van der Waals surface area contributed by atoms with E-state index in [1.165, 1.54) is 0 Å². The summed E-state index contributed by atoms with van der Waals surface area (Å²) in [5.74, 6) is 0.344. The maximum absolute atomic E-state index is 11.1. The smallest absolute Gasteiger partial charge is 0.164 e. The van der Waals surface area contributed by atoms with E-state index in [2.05, 4.69) is 17.5 Å². The normalized spacial score (nSPS) is 33.1. The lowest BCUT2D eigenvalue weighted by Crippen LogP contribution is -2.49. The van der Waals surface area contributed by atoms with Crippen molar-refractivity contribution in [1.82, 2.24) is 5.32 Å². The number of sulfone groups is 1. The molecule has 0 bridgehead atoms. The van der Waals surface area contributed by atoms with E-state index in [0.29, 0.717) is 6.42 Å². The third-order valence-electron chi connectivity index (χ3n) is 1.93. The second-order valence-corrected chi connectivity index (χ2v) is 6.02. The van der Waals surface area contributed by atoms with Gasteiger partial charge in [-0.25, -0.2) is 8.42 Å². The molecule has 0 aliphatic carbocycles. The first-order valence-electron chi connectivity index (χ1n) is 3.61. The molecule has 1 atom stereocenters. The maximum Gasteiger partial charge on any atom is 0.164 e. The van der Waals surface area contributed by atoms with E-state index >= 15 is 0 Å². The second-order valence-electron chi connectivity index (χ2n) is 3.39. The first-order valence-corrected chi connectivity index (χ1v) is 5.84. The van der Waals surface area contributed by atoms with Crippen LogP contribution in [0.5, 0.6) is 0 Å². The van der Waals surface area contributed by atoms with Crippen LogP contribution in [0.15, 0.2) is 0 Å². The Morgan fingerprint density at radius 3 is 2.58 bits per heavy atom. The van der Waals surface area contributed by atoms with Crippen molar-refractivity contribution >= 4 is 27.2 Å². The lowest BCUT2D eigenvalue weighted by molar-refractivity contribution is 0.473. The summed E-state index contributed by atoms with van der Waals surface area (Å²) < 4.78 is 22.2. The summed E-state index contributed by atoms with van der Waals surface area (Å²) in [4.78, 5) is 0. The number of hydrogen-bond donors (Lipinski definition) is 2. The van der Waals surface area contributed by atoms with Crippen molar-refractivity contribution in [2.45, 2.75) is 18.9 Å². The number of hydrogen-bond acceptors (Lipinski definition) is 3. The van der Waals surface area contributed by atoms with Crippen molar-refractivity contribution in [3.05, 3.63) is 0 Å². The van der Waals surface area contributed by atoms with Crippen molar-refractivity contribution in [2.75, 3.05) is 11.5 Å². The van der Waals surface area contributed by atoms with E-state index in [4.69, 9.17) is 5.73 Å². The second kappa shape index (κ2) is 2.85. The maximum atomic E-state index is 11.1. The topological polar surface area (TPSA) is 72.2 Å². The Labute approximate surface area is 77.4 Å². The van der Waals surface area contributed by atoms with Gasteiger partial charge in [0.25, 0.3) is 0 Å². The summed E-state index contributed by atoms with van der Waals surface area (Å²) in [6.45, 7) is 1.82. The summed E-state index contributed by atoms with van der Waals surface area (Å²) in [5, 5.41) is 2.97. The van der Waals surface area contributed by atoms with Crippen molar-refractivity contribution < 1.29 is 8.42 Å². The summed E-state index contributed by atoms with van der Waals surface area (Å²) >= 11 is 4.65. The van der Waals surface area contributed by atoms with Gasteiger partial charge in [0.1, 0.15) is 0 Å². The average Bonchev–Trinajstić information content (AvgIpc) is 2.03. The average molecular weight is 208 g/mol. The third kappa shape index (κ3) is 2.31. The van der Waals surface area contributed by atoms with Gasteiger partial charge in [0.05, 0.1) is 17.0 Å². The monoisotopic (exact) mass is 208 g/mol. The number of thiocarbonyl (C=S) groups is 1. The van der Waals surface area contributed by atoms with E-state index in [-0.39, 0.29) is 16.6 Å². The molecule has 1 saturated heterocycles. The van der Waals surface area contributed by atoms with Crippen LogP contribution in [0.3, 0.4) is 0 Å². The van der Waals surface area contributed by atoms with E-state index in [0.717, 1.165) is 0 Å². The van der Waals surface area contributed by atoms with Gasteiger partial charge in [-0.05, 0) is 25.6 Å². The molecular weight excluding hydrogens is 196 g/mol. The molecule has 1 fully saturated rings. The van der Waals surface area contributed by atoms with Gasteiger partial charge in [-0.1, -0.05) is 0 Å². The van der Waals surface area contributed by atoms with Crippen LogP contribution in [0.2, 0.25) is 0 Å². The highest BCUT2D eigenvalue weighted by Crippen LogP contribution is 2.22. The standard InChI is InChI=1S/C6H12N2O2S2/c1-6(8-5(7)11)2-3-12(9,10)4-6/h2-4H2,1H3,(H3,7,8,11). The SMILES string of the molecule is CC1(NC(N)=S)CCS(=O)(=O)C1. The summed E-state index contributed by atoms with van der Waals surface area (Å²) in [6.07, 6.45) is 0.576. The molecule has 0 radical (unpaired) electrons. The van der Waals surface area contributed by atoms with Crippen LogP contribution in [-0.2, 0) is 9.84 Å². The minimum atomic E-state index is -2.88. The van der Waals surface area contributed by atoms with Gasteiger partial charge in [0.2, 0.25) is 0 Å². The minimum Gasteiger partial charge on any atom is -0.376 e. The van der Waals surface area contributed by atoms with E-state index in [1.54, 1.807) is 0 Å². The summed E-state index contributed by atoms with van der Waals surface area (Å²) in [5.41, 5.74) is 4.82. The zero-order valence-corrected chi connectivity index (χ0v) is 8.46. The Bertz CT molecular complexity index is 299. The van der Waals surface area contributed by atoms with E-state index < -0.39 is 15.4 Å².